The molecule has 0 radical (unpaired) electrons. The SMILES string of the molecule is O=C(C1CCCCN1)N1CCCC(C(F)(F)F)C1. The number of piperidine rings is 2. The van der Waals surface area contributed by atoms with Gasteiger partial charge in [-0.25, -0.2) is 0 Å². The van der Waals surface area contributed by atoms with Gasteiger partial charge in [-0.05, 0) is 32.2 Å². The van der Waals surface area contributed by atoms with Crippen molar-refractivity contribution in [1.29, 1.82) is 0 Å². The van der Waals surface area contributed by atoms with Gasteiger partial charge < -0.3 is 10.2 Å². The Bertz CT molecular complexity index is 300. The molecule has 18 heavy (non-hydrogen) atoms. The zero-order valence-electron chi connectivity index (χ0n) is 10.3. The number of amides is 1. The zero-order valence-corrected chi connectivity index (χ0v) is 10.3. The van der Waals surface area contributed by atoms with Crippen molar-refractivity contribution < 1.29 is 18.0 Å². The molecule has 2 aliphatic heterocycles. The Hall–Kier alpha value is -0.780. The van der Waals surface area contributed by atoms with Crippen LogP contribution in [0.4, 0.5) is 13.2 Å². The van der Waals surface area contributed by atoms with E-state index in [1.54, 1.807) is 0 Å². The Balaban J connectivity index is 1.93. The van der Waals surface area contributed by atoms with Gasteiger partial charge in [0.1, 0.15) is 0 Å². The van der Waals surface area contributed by atoms with Crippen molar-refractivity contribution in [3.8, 4) is 0 Å². The molecule has 2 heterocycles. The molecule has 1 N–H and O–H groups in total. The van der Waals surface area contributed by atoms with Crippen LogP contribution >= 0.6 is 0 Å². The van der Waals surface area contributed by atoms with Crippen molar-refractivity contribution in [2.75, 3.05) is 19.6 Å². The molecule has 1 amide bonds. The number of nitrogens with one attached hydrogen (secondary N) is 1. The first-order valence-electron chi connectivity index (χ1n) is 6.57. The predicted octanol–water partition coefficient (Wildman–Crippen LogP) is 1.93. The van der Waals surface area contributed by atoms with E-state index in [1.165, 1.54) is 4.90 Å². The van der Waals surface area contributed by atoms with Crippen molar-refractivity contribution >= 4 is 5.91 Å². The molecule has 2 unspecified atom stereocenters. The molecule has 0 aromatic heterocycles. The minimum absolute atomic E-state index is 0.144. The molecular formula is C12H19F3N2O. The zero-order chi connectivity index (χ0) is 13.2. The number of likely N-dealkylation sites (tertiary alicyclic amines) is 1. The highest BCUT2D eigenvalue weighted by molar-refractivity contribution is 5.82. The second kappa shape index (κ2) is 5.47. The molecule has 0 aromatic rings. The van der Waals surface area contributed by atoms with E-state index in [2.05, 4.69) is 5.32 Å². The maximum absolute atomic E-state index is 12.7. The summed E-state index contributed by atoms with van der Waals surface area (Å²) in [5, 5.41) is 3.10. The summed E-state index contributed by atoms with van der Waals surface area (Å²) in [6, 6.07) is -0.272. The third kappa shape index (κ3) is 3.16. The van der Waals surface area contributed by atoms with Crippen molar-refractivity contribution in [1.82, 2.24) is 10.2 Å². The number of nitrogens with zero attached hydrogens (tertiary/aromatic N) is 1. The molecule has 0 saturated carbocycles. The first kappa shape index (κ1) is 13.6. The van der Waals surface area contributed by atoms with E-state index in [9.17, 15) is 18.0 Å². The van der Waals surface area contributed by atoms with Crippen LogP contribution in [-0.4, -0.2) is 42.7 Å². The molecule has 2 aliphatic rings. The first-order valence-corrected chi connectivity index (χ1v) is 6.57. The summed E-state index contributed by atoms with van der Waals surface area (Å²) in [7, 11) is 0. The quantitative estimate of drug-likeness (QED) is 0.785. The predicted molar refractivity (Wildman–Crippen MR) is 61.0 cm³/mol. The van der Waals surface area contributed by atoms with E-state index in [1.807, 2.05) is 0 Å². The normalized spacial score (nSPS) is 30.3. The molecule has 2 saturated heterocycles. The Morgan fingerprint density at radius 1 is 1.17 bits per heavy atom. The lowest BCUT2D eigenvalue weighted by molar-refractivity contribution is -0.188. The smallest absolute Gasteiger partial charge is 0.341 e. The van der Waals surface area contributed by atoms with Gasteiger partial charge in [0, 0.05) is 13.1 Å². The number of carbonyl (C=O) groups excluding carboxylic acids is 1. The van der Waals surface area contributed by atoms with E-state index < -0.39 is 12.1 Å². The second-order valence-electron chi connectivity index (χ2n) is 5.17. The molecule has 0 aromatic carbocycles. The molecule has 0 aliphatic carbocycles. The van der Waals surface area contributed by atoms with Gasteiger partial charge in [0.25, 0.3) is 0 Å². The minimum atomic E-state index is -4.18. The Morgan fingerprint density at radius 3 is 2.56 bits per heavy atom. The number of halogens is 3. The van der Waals surface area contributed by atoms with Crippen LogP contribution in [0.1, 0.15) is 32.1 Å². The summed E-state index contributed by atoms with van der Waals surface area (Å²) in [5.41, 5.74) is 0. The van der Waals surface area contributed by atoms with Crippen LogP contribution in [0.25, 0.3) is 0 Å². The maximum Gasteiger partial charge on any atom is 0.393 e. The fraction of sp³-hybridized carbons (Fsp3) is 0.917. The van der Waals surface area contributed by atoms with Crippen LogP contribution in [0.2, 0.25) is 0 Å². The van der Waals surface area contributed by atoms with Crippen LogP contribution in [0, 0.1) is 5.92 Å². The van der Waals surface area contributed by atoms with Gasteiger partial charge in [-0.1, -0.05) is 6.42 Å². The summed E-state index contributed by atoms with van der Waals surface area (Å²) in [6.45, 7) is 1.08. The monoisotopic (exact) mass is 264 g/mol. The van der Waals surface area contributed by atoms with Crippen molar-refractivity contribution in [3.05, 3.63) is 0 Å². The van der Waals surface area contributed by atoms with Gasteiger partial charge in [0.15, 0.2) is 0 Å². The van der Waals surface area contributed by atoms with Crippen LogP contribution in [0.3, 0.4) is 0 Å². The van der Waals surface area contributed by atoms with Crippen LogP contribution in [0.15, 0.2) is 0 Å². The Labute approximate surface area is 105 Å². The number of hydrogen-bond donors (Lipinski definition) is 1. The number of carbonyl (C=O) groups is 1. The lowest BCUT2D eigenvalue weighted by Crippen LogP contribution is -2.52. The minimum Gasteiger partial charge on any atom is -0.341 e. The summed E-state index contributed by atoms with van der Waals surface area (Å²) >= 11 is 0. The summed E-state index contributed by atoms with van der Waals surface area (Å²) in [5.74, 6) is -1.50. The molecule has 2 fully saturated rings. The molecule has 2 rings (SSSR count). The first-order chi connectivity index (χ1) is 8.48. The molecular weight excluding hydrogens is 245 g/mol. The average Bonchev–Trinajstić information content (AvgIpc) is 2.38. The van der Waals surface area contributed by atoms with Crippen LogP contribution in [-0.2, 0) is 4.79 Å². The molecule has 2 atom stereocenters. The summed E-state index contributed by atoms with van der Waals surface area (Å²) < 4.78 is 38.0. The van der Waals surface area contributed by atoms with Gasteiger partial charge in [-0.2, -0.15) is 13.2 Å². The van der Waals surface area contributed by atoms with Crippen molar-refractivity contribution in [2.24, 2.45) is 5.92 Å². The van der Waals surface area contributed by atoms with E-state index in [4.69, 9.17) is 0 Å². The number of alkyl halides is 3. The van der Waals surface area contributed by atoms with Gasteiger partial charge in [-0.15, -0.1) is 0 Å². The van der Waals surface area contributed by atoms with Gasteiger partial charge in [-0.3, -0.25) is 4.79 Å². The summed E-state index contributed by atoms with van der Waals surface area (Å²) in [6.07, 6.45) is -0.839. The van der Waals surface area contributed by atoms with Crippen LogP contribution < -0.4 is 5.32 Å². The molecule has 104 valence electrons. The Morgan fingerprint density at radius 2 is 1.94 bits per heavy atom. The number of rotatable bonds is 1. The largest absolute Gasteiger partial charge is 0.393 e. The molecule has 0 spiro atoms. The fourth-order valence-electron chi connectivity index (χ4n) is 2.73. The van der Waals surface area contributed by atoms with E-state index in [0.717, 1.165) is 25.8 Å². The van der Waals surface area contributed by atoms with Crippen molar-refractivity contribution in [3.63, 3.8) is 0 Å². The number of hydrogen-bond acceptors (Lipinski definition) is 2. The maximum atomic E-state index is 12.7. The lowest BCUT2D eigenvalue weighted by Gasteiger charge is -2.36. The highest BCUT2D eigenvalue weighted by Crippen LogP contribution is 2.33. The topological polar surface area (TPSA) is 32.3 Å². The highest BCUT2D eigenvalue weighted by Gasteiger charge is 2.43. The highest BCUT2D eigenvalue weighted by atomic mass is 19.4. The van der Waals surface area contributed by atoms with Gasteiger partial charge >= 0.3 is 6.18 Å². The van der Waals surface area contributed by atoms with E-state index >= 15 is 0 Å². The second-order valence-corrected chi connectivity index (χ2v) is 5.17. The standard InChI is InChI=1S/C12H19F3N2O/c13-12(14,15)9-4-3-7-17(8-9)11(18)10-5-1-2-6-16-10/h9-10,16H,1-8H2. The third-order valence-electron chi connectivity index (χ3n) is 3.80. The average molecular weight is 264 g/mol. The van der Waals surface area contributed by atoms with Crippen molar-refractivity contribution in [2.45, 2.75) is 44.3 Å². The lowest BCUT2D eigenvalue weighted by atomic mass is 9.96. The molecule has 3 nitrogen and oxygen atoms in total. The fourth-order valence-corrected chi connectivity index (χ4v) is 2.73. The Kier molecular flexibility index (Phi) is 4.14. The van der Waals surface area contributed by atoms with E-state index in [-0.39, 0.29) is 24.9 Å². The van der Waals surface area contributed by atoms with E-state index in [0.29, 0.717) is 13.0 Å². The molecule has 6 heteroatoms. The van der Waals surface area contributed by atoms with Gasteiger partial charge in [0.2, 0.25) is 5.91 Å². The van der Waals surface area contributed by atoms with Crippen LogP contribution in [0.5, 0.6) is 0 Å². The third-order valence-corrected chi connectivity index (χ3v) is 3.80. The summed E-state index contributed by atoms with van der Waals surface area (Å²) in [4.78, 5) is 13.5. The molecule has 0 bridgehead atoms. The van der Waals surface area contributed by atoms with Gasteiger partial charge in [0.05, 0.1) is 12.0 Å².